The number of halogens is 2. The lowest BCUT2D eigenvalue weighted by atomic mass is 9.77. The van der Waals surface area contributed by atoms with Crippen LogP contribution in [0.25, 0.3) is 0 Å². The summed E-state index contributed by atoms with van der Waals surface area (Å²) in [6.45, 7) is 4.09. The molecule has 6 nitrogen and oxygen atoms in total. The van der Waals surface area contributed by atoms with Crippen LogP contribution in [0.1, 0.15) is 39.5 Å². The van der Waals surface area contributed by atoms with Crippen LogP contribution in [0.2, 0.25) is 0 Å². The van der Waals surface area contributed by atoms with Gasteiger partial charge in [-0.05, 0) is 30.4 Å². The first-order chi connectivity index (χ1) is 13.8. The third-order valence-corrected chi connectivity index (χ3v) is 6.10. The van der Waals surface area contributed by atoms with E-state index in [4.69, 9.17) is 4.74 Å². The van der Waals surface area contributed by atoms with Crippen LogP contribution in [0.15, 0.2) is 18.2 Å². The number of anilines is 1. The van der Waals surface area contributed by atoms with Gasteiger partial charge >= 0.3 is 5.97 Å². The summed E-state index contributed by atoms with van der Waals surface area (Å²) in [4.78, 5) is 38.5. The maximum absolute atomic E-state index is 13.2. The number of carbonyl (C=O) groups is 3. The van der Waals surface area contributed by atoms with E-state index >= 15 is 0 Å². The number of amides is 2. The molecule has 4 atom stereocenters. The van der Waals surface area contributed by atoms with Gasteiger partial charge in [0.25, 0.3) is 5.91 Å². The quantitative estimate of drug-likeness (QED) is 0.760. The average molecular weight is 408 g/mol. The Balaban J connectivity index is 1.50. The number of rotatable bonds is 5. The largest absolute Gasteiger partial charge is 0.455 e. The number of ether oxygens (including phenoxy) is 1. The van der Waals surface area contributed by atoms with E-state index in [9.17, 15) is 23.2 Å². The van der Waals surface area contributed by atoms with Gasteiger partial charge < -0.3 is 15.0 Å². The molecule has 29 heavy (non-hydrogen) atoms. The highest BCUT2D eigenvalue weighted by molar-refractivity contribution is 5.93. The third kappa shape index (κ3) is 4.92. The van der Waals surface area contributed by atoms with E-state index in [1.165, 1.54) is 6.07 Å². The van der Waals surface area contributed by atoms with Crippen molar-refractivity contribution >= 4 is 23.5 Å². The molecule has 0 aromatic heterocycles. The van der Waals surface area contributed by atoms with Crippen LogP contribution < -0.4 is 5.32 Å². The van der Waals surface area contributed by atoms with Crippen LogP contribution >= 0.6 is 0 Å². The van der Waals surface area contributed by atoms with Crippen molar-refractivity contribution in [1.82, 2.24) is 4.90 Å². The van der Waals surface area contributed by atoms with Crippen molar-refractivity contribution < 1.29 is 27.9 Å². The molecule has 3 rings (SSSR count). The summed E-state index contributed by atoms with van der Waals surface area (Å²) in [5, 5.41) is 2.34. The van der Waals surface area contributed by atoms with Gasteiger partial charge in [0.05, 0.1) is 5.92 Å². The Morgan fingerprint density at radius 1 is 1.21 bits per heavy atom. The van der Waals surface area contributed by atoms with E-state index in [1.54, 1.807) is 4.90 Å². The van der Waals surface area contributed by atoms with Gasteiger partial charge in [0, 0.05) is 30.8 Å². The Hall–Kier alpha value is -2.51. The molecule has 2 amide bonds. The lowest BCUT2D eigenvalue weighted by Gasteiger charge is -2.39. The fourth-order valence-corrected chi connectivity index (χ4v) is 4.23. The predicted octanol–water partition coefficient (Wildman–Crippen LogP) is 3.12. The number of hydrogen-bond acceptors (Lipinski definition) is 4. The second-order valence-electron chi connectivity index (χ2n) is 8.07. The van der Waals surface area contributed by atoms with E-state index in [1.807, 2.05) is 0 Å². The third-order valence-electron chi connectivity index (χ3n) is 6.10. The lowest BCUT2D eigenvalue weighted by molar-refractivity contribution is -0.151. The molecule has 1 saturated heterocycles. The number of carbonyl (C=O) groups excluding carboxylic acids is 3. The van der Waals surface area contributed by atoms with E-state index in [2.05, 4.69) is 19.2 Å². The lowest BCUT2D eigenvalue weighted by Crippen LogP contribution is -2.45. The van der Waals surface area contributed by atoms with Crippen LogP contribution in [0, 0.1) is 29.4 Å². The number of benzene rings is 1. The normalized spacial score (nSPS) is 27.0. The van der Waals surface area contributed by atoms with Crippen molar-refractivity contribution in [3.63, 3.8) is 0 Å². The van der Waals surface area contributed by atoms with Gasteiger partial charge in [-0.3, -0.25) is 14.4 Å². The zero-order valence-electron chi connectivity index (χ0n) is 16.6. The fraction of sp³-hybridized carbons (Fsp3) is 0.571. The van der Waals surface area contributed by atoms with Crippen LogP contribution in [0.4, 0.5) is 14.5 Å². The molecule has 158 valence electrons. The van der Waals surface area contributed by atoms with E-state index < -0.39 is 36.0 Å². The second-order valence-corrected chi connectivity index (χ2v) is 8.07. The molecule has 0 spiro atoms. The highest BCUT2D eigenvalue weighted by Crippen LogP contribution is 2.35. The predicted molar refractivity (Wildman–Crippen MR) is 102 cm³/mol. The number of nitrogens with zero attached hydrogens (tertiary/aromatic N) is 1. The number of nitrogens with one attached hydrogen (secondary N) is 1. The molecule has 0 radical (unpaired) electrons. The molecule has 1 aliphatic heterocycles. The smallest absolute Gasteiger partial charge is 0.311 e. The Labute approximate surface area is 168 Å². The monoisotopic (exact) mass is 408 g/mol. The standard InChI is InChI=1S/C21H26F2N2O4/c1-12-4-3-5-18(13(12)2)25-10-14(8-20(25)27)21(28)29-11-19(26)24-15-6-7-16(22)17(23)9-15/h6-7,9,12-14,18H,3-5,8,10-11H2,1-2H3,(H,24,26)/t12-,13+,14+,18-/m0/s1. The summed E-state index contributed by atoms with van der Waals surface area (Å²) in [6.07, 6.45) is 3.24. The molecule has 1 aromatic carbocycles. The Morgan fingerprint density at radius 2 is 1.97 bits per heavy atom. The maximum Gasteiger partial charge on any atom is 0.311 e. The molecular formula is C21H26F2N2O4. The second kappa shape index (κ2) is 8.88. The summed E-state index contributed by atoms with van der Waals surface area (Å²) in [5.74, 6) is -3.11. The van der Waals surface area contributed by atoms with Gasteiger partial charge in [-0.2, -0.15) is 0 Å². The number of esters is 1. The molecule has 2 fully saturated rings. The Morgan fingerprint density at radius 3 is 2.69 bits per heavy atom. The SMILES string of the molecule is C[C@@H]1[C@@H](C)CCC[C@@H]1N1C[C@H](C(=O)OCC(=O)Nc2ccc(F)c(F)c2)CC1=O. The maximum atomic E-state index is 13.2. The molecule has 2 aliphatic rings. The van der Waals surface area contributed by atoms with Crippen LogP contribution in [-0.2, 0) is 19.1 Å². The van der Waals surface area contributed by atoms with E-state index in [0.29, 0.717) is 18.4 Å². The molecule has 8 heteroatoms. The zero-order valence-corrected chi connectivity index (χ0v) is 16.6. The van der Waals surface area contributed by atoms with Crippen molar-refractivity contribution in [2.45, 2.75) is 45.6 Å². The van der Waals surface area contributed by atoms with E-state index in [0.717, 1.165) is 31.4 Å². The minimum atomic E-state index is -1.09. The van der Waals surface area contributed by atoms with Crippen molar-refractivity contribution in [2.24, 2.45) is 17.8 Å². The molecule has 1 N–H and O–H groups in total. The molecule has 1 heterocycles. The summed E-state index contributed by atoms with van der Waals surface area (Å²) < 4.78 is 31.1. The summed E-state index contributed by atoms with van der Waals surface area (Å²) >= 11 is 0. The first kappa shape index (κ1) is 21.2. The van der Waals surface area contributed by atoms with Gasteiger partial charge in [-0.25, -0.2) is 8.78 Å². The fourth-order valence-electron chi connectivity index (χ4n) is 4.23. The number of likely N-dealkylation sites (tertiary alicyclic amines) is 1. The molecule has 1 saturated carbocycles. The summed E-state index contributed by atoms with van der Waals surface area (Å²) in [7, 11) is 0. The van der Waals surface area contributed by atoms with Crippen molar-refractivity contribution in [1.29, 1.82) is 0 Å². The molecule has 0 unspecified atom stereocenters. The number of hydrogen-bond donors (Lipinski definition) is 1. The Bertz CT molecular complexity index is 801. The average Bonchev–Trinajstić information content (AvgIpc) is 3.06. The first-order valence-electron chi connectivity index (χ1n) is 9.97. The Kier molecular flexibility index (Phi) is 6.49. The first-order valence-corrected chi connectivity index (χ1v) is 9.97. The van der Waals surface area contributed by atoms with Gasteiger partial charge in [-0.15, -0.1) is 0 Å². The highest BCUT2D eigenvalue weighted by atomic mass is 19.2. The van der Waals surface area contributed by atoms with Crippen molar-refractivity contribution in [3.05, 3.63) is 29.8 Å². The van der Waals surface area contributed by atoms with Crippen LogP contribution in [0.5, 0.6) is 0 Å². The molecule has 1 aromatic rings. The topological polar surface area (TPSA) is 75.7 Å². The highest BCUT2D eigenvalue weighted by Gasteiger charge is 2.42. The minimum absolute atomic E-state index is 0.0517. The van der Waals surface area contributed by atoms with Crippen LogP contribution in [-0.4, -0.2) is 41.9 Å². The van der Waals surface area contributed by atoms with Crippen molar-refractivity contribution in [2.75, 3.05) is 18.5 Å². The van der Waals surface area contributed by atoms with Crippen molar-refractivity contribution in [3.8, 4) is 0 Å². The van der Waals surface area contributed by atoms with Gasteiger partial charge in [-0.1, -0.05) is 26.7 Å². The molecule has 0 bridgehead atoms. The minimum Gasteiger partial charge on any atom is -0.455 e. The molecule has 1 aliphatic carbocycles. The van der Waals surface area contributed by atoms with Gasteiger partial charge in [0.2, 0.25) is 5.91 Å². The van der Waals surface area contributed by atoms with Crippen LogP contribution in [0.3, 0.4) is 0 Å². The van der Waals surface area contributed by atoms with Gasteiger partial charge in [0.1, 0.15) is 0 Å². The molecular weight excluding hydrogens is 382 g/mol. The summed E-state index contributed by atoms with van der Waals surface area (Å²) in [6, 6.07) is 3.08. The summed E-state index contributed by atoms with van der Waals surface area (Å²) in [5.41, 5.74) is 0.0626. The zero-order chi connectivity index (χ0) is 21.1. The van der Waals surface area contributed by atoms with Gasteiger partial charge in [0.15, 0.2) is 18.2 Å². The van der Waals surface area contributed by atoms with E-state index in [-0.39, 0.29) is 24.1 Å².